The van der Waals surface area contributed by atoms with Crippen LogP contribution in [0.2, 0.25) is 0 Å². The molecule has 1 aliphatic rings. The van der Waals surface area contributed by atoms with Crippen molar-refractivity contribution in [1.29, 1.82) is 0 Å². The van der Waals surface area contributed by atoms with E-state index in [4.69, 9.17) is 9.84 Å². The Hall–Kier alpha value is -1.10. The van der Waals surface area contributed by atoms with E-state index in [1.807, 2.05) is 0 Å². The number of carbonyl (C=O) groups excluding carboxylic acids is 1. The van der Waals surface area contributed by atoms with Gasteiger partial charge < -0.3 is 15.2 Å². The van der Waals surface area contributed by atoms with E-state index in [-0.39, 0.29) is 23.8 Å². The molecular formula is C15H27NO4. The number of hydrogen-bond donors (Lipinski definition) is 2. The monoisotopic (exact) mass is 285 g/mol. The molecule has 1 rings (SSSR count). The quantitative estimate of drug-likeness (QED) is 0.717. The Morgan fingerprint density at radius 3 is 2.35 bits per heavy atom. The summed E-state index contributed by atoms with van der Waals surface area (Å²) in [6.07, 6.45) is 5.67. The van der Waals surface area contributed by atoms with E-state index >= 15 is 0 Å². The zero-order chi connectivity index (χ0) is 15.0. The predicted octanol–water partition coefficient (Wildman–Crippen LogP) is 2.20. The molecule has 0 aliphatic heterocycles. The second-order valence-electron chi connectivity index (χ2n) is 5.69. The molecule has 5 nitrogen and oxygen atoms in total. The number of carboxylic acid groups (broad SMARTS) is 1. The number of nitrogens with one attached hydrogen (secondary N) is 1. The Balaban J connectivity index is 2.39. The van der Waals surface area contributed by atoms with Crippen molar-refractivity contribution in [3.63, 3.8) is 0 Å². The topological polar surface area (TPSA) is 75.6 Å². The summed E-state index contributed by atoms with van der Waals surface area (Å²) in [5, 5.41) is 12.0. The minimum Gasteiger partial charge on any atom is -0.481 e. The average molecular weight is 285 g/mol. The van der Waals surface area contributed by atoms with Crippen molar-refractivity contribution < 1.29 is 19.4 Å². The van der Waals surface area contributed by atoms with Crippen LogP contribution in [0.15, 0.2) is 0 Å². The van der Waals surface area contributed by atoms with Crippen molar-refractivity contribution in [1.82, 2.24) is 5.32 Å². The van der Waals surface area contributed by atoms with Crippen LogP contribution in [0.3, 0.4) is 0 Å². The molecule has 0 saturated heterocycles. The van der Waals surface area contributed by atoms with E-state index in [0.29, 0.717) is 32.3 Å². The Kier molecular flexibility index (Phi) is 7.59. The Morgan fingerprint density at radius 2 is 1.85 bits per heavy atom. The molecule has 0 radical (unpaired) electrons. The smallest absolute Gasteiger partial charge is 0.306 e. The fourth-order valence-electron chi connectivity index (χ4n) is 2.77. The van der Waals surface area contributed by atoms with Gasteiger partial charge in [-0.25, -0.2) is 0 Å². The maximum absolute atomic E-state index is 12.2. The molecule has 0 aromatic rings. The highest BCUT2D eigenvalue weighted by Crippen LogP contribution is 2.29. The zero-order valence-electron chi connectivity index (χ0n) is 12.6. The number of hydrogen-bond acceptors (Lipinski definition) is 3. The zero-order valence-corrected chi connectivity index (χ0v) is 12.6. The summed E-state index contributed by atoms with van der Waals surface area (Å²) in [7, 11) is 1.64. The van der Waals surface area contributed by atoms with Gasteiger partial charge in [-0.3, -0.25) is 9.59 Å². The first-order valence-corrected chi connectivity index (χ1v) is 7.60. The Morgan fingerprint density at radius 1 is 1.25 bits per heavy atom. The molecule has 1 aliphatic carbocycles. The number of ether oxygens (including phenoxy) is 1. The SMILES string of the molecule is CCCCC(COC)NC(=O)C1CCC(C(=O)O)CC1. The maximum Gasteiger partial charge on any atom is 0.306 e. The predicted molar refractivity (Wildman–Crippen MR) is 76.4 cm³/mol. The van der Waals surface area contributed by atoms with Gasteiger partial charge in [-0.15, -0.1) is 0 Å². The van der Waals surface area contributed by atoms with Gasteiger partial charge in [0.05, 0.1) is 18.6 Å². The van der Waals surface area contributed by atoms with Crippen LogP contribution >= 0.6 is 0 Å². The lowest BCUT2D eigenvalue weighted by molar-refractivity contribution is -0.144. The molecule has 0 heterocycles. The van der Waals surface area contributed by atoms with Gasteiger partial charge in [-0.2, -0.15) is 0 Å². The van der Waals surface area contributed by atoms with Gasteiger partial charge in [0.15, 0.2) is 0 Å². The molecule has 5 heteroatoms. The van der Waals surface area contributed by atoms with Crippen LogP contribution in [0.1, 0.15) is 51.9 Å². The van der Waals surface area contributed by atoms with Crippen LogP contribution in [0.4, 0.5) is 0 Å². The number of rotatable bonds is 8. The van der Waals surface area contributed by atoms with Gasteiger partial charge in [0.2, 0.25) is 5.91 Å². The highest BCUT2D eigenvalue weighted by Gasteiger charge is 2.30. The van der Waals surface area contributed by atoms with Crippen LogP contribution in [-0.4, -0.2) is 36.7 Å². The first-order valence-electron chi connectivity index (χ1n) is 7.60. The van der Waals surface area contributed by atoms with Crippen LogP contribution in [0.5, 0.6) is 0 Å². The normalized spacial score (nSPS) is 24.1. The summed E-state index contributed by atoms with van der Waals surface area (Å²) in [5.41, 5.74) is 0. The molecule has 20 heavy (non-hydrogen) atoms. The van der Waals surface area contributed by atoms with E-state index in [2.05, 4.69) is 12.2 Å². The van der Waals surface area contributed by atoms with Crippen LogP contribution in [0.25, 0.3) is 0 Å². The van der Waals surface area contributed by atoms with Crippen molar-refractivity contribution in [3.8, 4) is 0 Å². The van der Waals surface area contributed by atoms with Crippen LogP contribution in [-0.2, 0) is 14.3 Å². The minimum atomic E-state index is -0.732. The molecule has 116 valence electrons. The van der Waals surface area contributed by atoms with E-state index < -0.39 is 5.97 Å². The molecule has 1 amide bonds. The van der Waals surface area contributed by atoms with Gasteiger partial charge in [-0.05, 0) is 32.1 Å². The first-order chi connectivity index (χ1) is 9.58. The van der Waals surface area contributed by atoms with E-state index in [9.17, 15) is 9.59 Å². The Labute approximate surface area is 121 Å². The van der Waals surface area contributed by atoms with E-state index in [0.717, 1.165) is 19.3 Å². The fraction of sp³-hybridized carbons (Fsp3) is 0.867. The van der Waals surface area contributed by atoms with Crippen LogP contribution in [0, 0.1) is 11.8 Å². The molecule has 0 aromatic carbocycles. The molecule has 1 unspecified atom stereocenters. The van der Waals surface area contributed by atoms with E-state index in [1.54, 1.807) is 7.11 Å². The summed E-state index contributed by atoms with van der Waals surface area (Å²) in [6, 6.07) is 0.0737. The number of amides is 1. The van der Waals surface area contributed by atoms with Gasteiger partial charge in [0.25, 0.3) is 0 Å². The maximum atomic E-state index is 12.2. The highest BCUT2D eigenvalue weighted by atomic mass is 16.5. The summed E-state index contributed by atoms with van der Waals surface area (Å²) in [5.74, 6) is -0.975. The van der Waals surface area contributed by atoms with Crippen molar-refractivity contribution in [2.24, 2.45) is 11.8 Å². The molecular weight excluding hydrogens is 258 g/mol. The van der Waals surface area contributed by atoms with Gasteiger partial charge in [0.1, 0.15) is 0 Å². The summed E-state index contributed by atoms with van der Waals surface area (Å²) in [6.45, 7) is 2.66. The molecule has 1 atom stereocenters. The van der Waals surface area contributed by atoms with Gasteiger partial charge in [-0.1, -0.05) is 19.8 Å². The molecule has 0 bridgehead atoms. The average Bonchev–Trinajstić information content (AvgIpc) is 2.45. The second-order valence-corrected chi connectivity index (χ2v) is 5.69. The minimum absolute atomic E-state index is 0.0356. The Bertz CT molecular complexity index is 311. The lowest BCUT2D eigenvalue weighted by atomic mass is 9.81. The second kappa shape index (κ2) is 8.95. The third-order valence-corrected chi connectivity index (χ3v) is 4.07. The van der Waals surface area contributed by atoms with Crippen LogP contribution < -0.4 is 5.32 Å². The molecule has 0 aromatic heterocycles. The number of methoxy groups -OCH3 is 1. The molecule has 2 N–H and O–H groups in total. The fourth-order valence-corrected chi connectivity index (χ4v) is 2.77. The largest absolute Gasteiger partial charge is 0.481 e. The standard InChI is InChI=1S/C15H27NO4/c1-3-4-5-13(10-20-2)16-14(17)11-6-8-12(9-7-11)15(18)19/h11-13H,3-10H2,1-2H3,(H,16,17)(H,18,19). The number of unbranched alkanes of at least 4 members (excludes halogenated alkanes) is 1. The number of carbonyl (C=O) groups is 2. The molecule has 1 saturated carbocycles. The molecule has 1 fully saturated rings. The number of carboxylic acids is 1. The van der Waals surface area contributed by atoms with E-state index in [1.165, 1.54) is 0 Å². The lowest BCUT2D eigenvalue weighted by Crippen LogP contribution is -2.42. The van der Waals surface area contributed by atoms with Gasteiger partial charge >= 0.3 is 5.97 Å². The lowest BCUT2D eigenvalue weighted by Gasteiger charge is -2.27. The summed E-state index contributed by atoms with van der Waals surface area (Å²) >= 11 is 0. The van der Waals surface area contributed by atoms with Gasteiger partial charge in [0, 0.05) is 13.0 Å². The highest BCUT2D eigenvalue weighted by molar-refractivity contribution is 5.79. The van der Waals surface area contributed by atoms with Crippen molar-refractivity contribution in [2.45, 2.75) is 57.9 Å². The summed E-state index contributed by atoms with van der Waals surface area (Å²) in [4.78, 5) is 23.1. The number of aliphatic carboxylic acids is 1. The third kappa shape index (κ3) is 5.49. The van der Waals surface area contributed by atoms with Crippen molar-refractivity contribution in [2.75, 3.05) is 13.7 Å². The summed E-state index contributed by atoms with van der Waals surface area (Å²) < 4.78 is 5.15. The molecule has 0 spiro atoms. The first kappa shape index (κ1) is 17.0. The van der Waals surface area contributed by atoms with Crippen molar-refractivity contribution >= 4 is 11.9 Å². The van der Waals surface area contributed by atoms with Crippen molar-refractivity contribution in [3.05, 3.63) is 0 Å². The third-order valence-electron chi connectivity index (χ3n) is 4.07.